The molecular formula is C15H20O3S. The fourth-order valence-electron chi connectivity index (χ4n) is 2.75. The van der Waals surface area contributed by atoms with Gasteiger partial charge in [-0.05, 0) is 32.3 Å². The van der Waals surface area contributed by atoms with E-state index in [0.717, 1.165) is 24.0 Å². The summed E-state index contributed by atoms with van der Waals surface area (Å²) in [6.45, 7) is 3.80. The van der Waals surface area contributed by atoms with Crippen molar-refractivity contribution in [3.63, 3.8) is 0 Å². The Balaban J connectivity index is 2.16. The molecule has 0 heterocycles. The molecule has 0 N–H and O–H groups in total. The van der Waals surface area contributed by atoms with Gasteiger partial charge in [-0.3, -0.25) is 4.79 Å². The lowest BCUT2D eigenvalue weighted by molar-refractivity contribution is 0.102. The third-order valence-electron chi connectivity index (χ3n) is 3.82. The predicted molar refractivity (Wildman–Crippen MR) is 76.3 cm³/mol. The largest absolute Gasteiger partial charge is 0.293 e. The topological polar surface area (TPSA) is 51.2 Å². The molecule has 0 unspecified atom stereocenters. The van der Waals surface area contributed by atoms with Crippen LogP contribution < -0.4 is 0 Å². The average Bonchev–Trinajstić information content (AvgIpc) is 2.81. The van der Waals surface area contributed by atoms with Crippen molar-refractivity contribution >= 4 is 15.6 Å². The van der Waals surface area contributed by atoms with Crippen LogP contribution in [0.2, 0.25) is 0 Å². The molecule has 19 heavy (non-hydrogen) atoms. The number of Topliss-reactive ketones (excluding diaryl/α,β-unsaturated/α-hetero) is 1. The molecule has 1 aromatic carbocycles. The lowest BCUT2D eigenvalue weighted by Gasteiger charge is -2.11. The molecule has 1 fully saturated rings. The minimum Gasteiger partial charge on any atom is -0.293 e. The Bertz CT molecular complexity index is 581. The summed E-state index contributed by atoms with van der Waals surface area (Å²) in [4.78, 5) is 12.2. The average molecular weight is 280 g/mol. The molecule has 0 spiro atoms. The molecular weight excluding hydrogens is 260 g/mol. The highest BCUT2D eigenvalue weighted by Gasteiger charge is 2.31. The summed E-state index contributed by atoms with van der Waals surface area (Å²) in [5.74, 6) is -0.619. The summed E-state index contributed by atoms with van der Waals surface area (Å²) >= 11 is 0. The molecule has 0 radical (unpaired) electrons. The van der Waals surface area contributed by atoms with Crippen LogP contribution in [-0.4, -0.2) is 25.2 Å². The van der Waals surface area contributed by atoms with Crippen molar-refractivity contribution in [3.8, 4) is 0 Å². The van der Waals surface area contributed by atoms with E-state index in [0.29, 0.717) is 18.4 Å². The first kappa shape index (κ1) is 14.3. The van der Waals surface area contributed by atoms with Gasteiger partial charge in [-0.2, -0.15) is 0 Å². The lowest BCUT2D eigenvalue weighted by atomic mass is 10.0. The monoisotopic (exact) mass is 280 g/mol. The van der Waals surface area contributed by atoms with Crippen molar-refractivity contribution in [3.05, 3.63) is 34.9 Å². The van der Waals surface area contributed by atoms with E-state index in [1.165, 1.54) is 0 Å². The molecule has 2 rings (SSSR count). The maximum Gasteiger partial charge on any atom is 0.178 e. The molecule has 1 aliphatic rings. The number of rotatable bonds is 4. The zero-order valence-electron chi connectivity index (χ0n) is 11.5. The highest BCUT2D eigenvalue weighted by Crippen LogP contribution is 2.26. The first-order chi connectivity index (χ1) is 8.90. The van der Waals surface area contributed by atoms with E-state index >= 15 is 0 Å². The second-order valence-corrected chi connectivity index (χ2v) is 7.74. The van der Waals surface area contributed by atoms with Gasteiger partial charge in [0.2, 0.25) is 0 Å². The van der Waals surface area contributed by atoms with Crippen molar-refractivity contribution in [1.29, 1.82) is 0 Å². The maximum absolute atomic E-state index is 12.2. The molecule has 4 heteroatoms. The summed E-state index contributed by atoms with van der Waals surface area (Å²) in [7, 11) is -3.28. The quantitative estimate of drug-likeness (QED) is 0.797. The minimum absolute atomic E-state index is 0.274. The van der Waals surface area contributed by atoms with Gasteiger partial charge < -0.3 is 0 Å². The number of ketones is 1. The molecule has 0 amide bonds. The third kappa shape index (κ3) is 3.24. The van der Waals surface area contributed by atoms with Gasteiger partial charge in [-0.25, -0.2) is 8.42 Å². The number of aryl methyl sites for hydroxylation is 2. The highest BCUT2D eigenvalue weighted by molar-refractivity contribution is 7.92. The Morgan fingerprint density at radius 1 is 1.21 bits per heavy atom. The second kappa shape index (κ2) is 5.45. The van der Waals surface area contributed by atoms with Crippen molar-refractivity contribution in [2.75, 3.05) is 5.75 Å². The number of sulfone groups is 1. The third-order valence-corrected chi connectivity index (χ3v) is 5.98. The Kier molecular flexibility index (Phi) is 4.09. The van der Waals surface area contributed by atoms with Gasteiger partial charge in [-0.15, -0.1) is 0 Å². The summed E-state index contributed by atoms with van der Waals surface area (Å²) in [5.41, 5.74) is 2.46. The van der Waals surface area contributed by atoms with Crippen LogP contribution in [0.25, 0.3) is 0 Å². The Morgan fingerprint density at radius 3 is 2.42 bits per heavy atom. The van der Waals surface area contributed by atoms with E-state index in [2.05, 4.69) is 0 Å². The molecule has 0 aliphatic heterocycles. The van der Waals surface area contributed by atoms with Crippen LogP contribution in [0.3, 0.4) is 0 Å². The van der Waals surface area contributed by atoms with Gasteiger partial charge >= 0.3 is 0 Å². The molecule has 0 bridgehead atoms. The van der Waals surface area contributed by atoms with Crippen LogP contribution in [-0.2, 0) is 9.84 Å². The highest BCUT2D eigenvalue weighted by atomic mass is 32.2. The minimum atomic E-state index is -3.28. The fraction of sp³-hybridized carbons (Fsp3) is 0.533. The summed E-state index contributed by atoms with van der Waals surface area (Å²) in [6, 6.07) is 5.50. The first-order valence-electron chi connectivity index (χ1n) is 6.72. The molecule has 0 atom stereocenters. The van der Waals surface area contributed by atoms with Gasteiger partial charge in [0.1, 0.15) is 5.75 Å². The molecule has 1 aliphatic carbocycles. The zero-order chi connectivity index (χ0) is 14.0. The van der Waals surface area contributed by atoms with Gasteiger partial charge in [0, 0.05) is 5.56 Å². The smallest absolute Gasteiger partial charge is 0.178 e. The van der Waals surface area contributed by atoms with Crippen LogP contribution >= 0.6 is 0 Å². The van der Waals surface area contributed by atoms with Crippen molar-refractivity contribution in [2.45, 2.75) is 44.8 Å². The van der Waals surface area contributed by atoms with Crippen molar-refractivity contribution < 1.29 is 13.2 Å². The number of hydrogen-bond acceptors (Lipinski definition) is 3. The lowest BCUT2D eigenvalue weighted by Crippen LogP contribution is -2.26. The zero-order valence-corrected chi connectivity index (χ0v) is 12.3. The number of benzene rings is 1. The summed E-state index contributed by atoms with van der Waals surface area (Å²) in [6.07, 6.45) is 3.34. The van der Waals surface area contributed by atoms with E-state index in [-0.39, 0.29) is 16.8 Å². The number of hydrogen-bond donors (Lipinski definition) is 0. The van der Waals surface area contributed by atoms with Crippen molar-refractivity contribution in [1.82, 2.24) is 0 Å². The van der Waals surface area contributed by atoms with E-state index < -0.39 is 9.84 Å². The molecule has 0 saturated heterocycles. The van der Waals surface area contributed by atoms with Crippen LogP contribution in [0.1, 0.15) is 47.2 Å². The standard InChI is InChI=1S/C15H20O3S/c1-11-7-8-14(12(2)9-11)15(16)10-19(17,18)13-5-3-4-6-13/h7-9,13H,3-6,10H2,1-2H3. The van der Waals surface area contributed by atoms with E-state index in [1.54, 1.807) is 6.07 Å². The van der Waals surface area contributed by atoms with Gasteiger partial charge in [-0.1, -0.05) is 36.6 Å². The van der Waals surface area contributed by atoms with E-state index in [1.807, 2.05) is 26.0 Å². The van der Waals surface area contributed by atoms with Crippen LogP contribution in [0, 0.1) is 13.8 Å². The fourth-order valence-corrected chi connectivity index (χ4v) is 4.56. The van der Waals surface area contributed by atoms with Crippen LogP contribution in [0.5, 0.6) is 0 Å². The van der Waals surface area contributed by atoms with Gasteiger partial charge in [0.05, 0.1) is 5.25 Å². The molecule has 0 aromatic heterocycles. The van der Waals surface area contributed by atoms with Crippen molar-refractivity contribution in [2.24, 2.45) is 0 Å². The Labute approximate surface area is 114 Å². The number of carbonyl (C=O) groups is 1. The predicted octanol–water partition coefficient (Wildman–Crippen LogP) is 2.84. The SMILES string of the molecule is Cc1ccc(C(=O)CS(=O)(=O)C2CCCC2)c(C)c1. The van der Waals surface area contributed by atoms with Crippen LogP contribution in [0.15, 0.2) is 18.2 Å². The first-order valence-corrected chi connectivity index (χ1v) is 8.44. The van der Waals surface area contributed by atoms with Gasteiger partial charge in [0.15, 0.2) is 15.6 Å². The van der Waals surface area contributed by atoms with Crippen LogP contribution in [0.4, 0.5) is 0 Å². The molecule has 104 valence electrons. The maximum atomic E-state index is 12.2. The Morgan fingerprint density at radius 2 is 1.84 bits per heavy atom. The summed E-state index contributed by atoms with van der Waals surface area (Å²) in [5, 5.41) is -0.304. The molecule has 1 aromatic rings. The van der Waals surface area contributed by atoms with E-state index in [4.69, 9.17) is 0 Å². The second-order valence-electron chi connectivity index (χ2n) is 5.46. The number of carbonyl (C=O) groups excluding carboxylic acids is 1. The summed E-state index contributed by atoms with van der Waals surface area (Å²) < 4.78 is 24.3. The van der Waals surface area contributed by atoms with Gasteiger partial charge in [0.25, 0.3) is 0 Å². The normalized spacial score (nSPS) is 16.7. The molecule has 1 saturated carbocycles. The van der Waals surface area contributed by atoms with E-state index in [9.17, 15) is 13.2 Å². The molecule has 3 nitrogen and oxygen atoms in total. The Hall–Kier alpha value is -1.16.